The highest BCUT2D eigenvalue weighted by Gasteiger charge is 2.31. The third-order valence-corrected chi connectivity index (χ3v) is 8.10. The molecule has 36 heavy (non-hydrogen) atoms. The lowest BCUT2D eigenvalue weighted by molar-refractivity contribution is -0.598. The van der Waals surface area contributed by atoms with Gasteiger partial charge in [0.1, 0.15) is 4.21 Å². The van der Waals surface area contributed by atoms with Crippen LogP contribution in [0.15, 0.2) is 83.3 Å². The molecule has 0 spiro atoms. The molecule has 0 saturated carbocycles. The molecule has 4 rings (SSSR count). The lowest BCUT2D eigenvalue weighted by atomic mass is 10.0. The van der Waals surface area contributed by atoms with E-state index >= 15 is 0 Å². The fourth-order valence-corrected chi connectivity index (χ4v) is 6.34. The molecule has 0 aliphatic carbocycles. The number of nitrogens with zero attached hydrogens (tertiary/aromatic N) is 2. The predicted octanol–water partition coefficient (Wildman–Crippen LogP) is 5.83. The van der Waals surface area contributed by atoms with Crippen LogP contribution >= 0.6 is 23.1 Å². The Bertz CT molecular complexity index is 1420. The van der Waals surface area contributed by atoms with Crippen LogP contribution in [0, 0.1) is 18.3 Å². The quantitative estimate of drug-likeness (QED) is 0.122. The summed E-state index contributed by atoms with van der Waals surface area (Å²) in [7, 11) is 0. The first-order chi connectivity index (χ1) is 17.5. The number of esters is 1. The average molecular weight is 514 g/mol. The molecule has 0 atom stereocenters. The zero-order chi connectivity index (χ0) is 25.5. The van der Waals surface area contributed by atoms with Gasteiger partial charge in [-0.2, -0.15) is 9.83 Å². The zero-order valence-electron chi connectivity index (χ0n) is 20.1. The molecular formula is C29H25N2O3S2+. The van der Waals surface area contributed by atoms with Gasteiger partial charge in [-0.25, -0.2) is 0 Å². The SMILES string of the molecule is CCOC(=O)Cc1c(C(=O)c2ccccc2)sc(SCc2ccccc2C#N)c1-[n+]1ccc(C)cc1. The Kier molecular flexibility index (Phi) is 8.32. The number of ether oxygens (including phenoxy) is 1. The van der Waals surface area contributed by atoms with Gasteiger partial charge in [-0.05, 0) is 31.0 Å². The van der Waals surface area contributed by atoms with Crippen molar-refractivity contribution in [2.24, 2.45) is 0 Å². The van der Waals surface area contributed by atoms with E-state index in [-0.39, 0.29) is 24.8 Å². The molecule has 0 fully saturated rings. The maximum atomic E-state index is 13.6. The Morgan fingerprint density at radius 3 is 2.42 bits per heavy atom. The number of thioether (sulfide) groups is 1. The second-order valence-corrected chi connectivity index (χ2v) is 10.3. The molecule has 5 nitrogen and oxygen atoms in total. The van der Waals surface area contributed by atoms with Crippen LogP contribution in [0.5, 0.6) is 0 Å². The Morgan fingerprint density at radius 1 is 1.03 bits per heavy atom. The van der Waals surface area contributed by atoms with Crippen molar-refractivity contribution in [3.63, 3.8) is 0 Å². The first-order valence-corrected chi connectivity index (χ1v) is 13.3. The lowest BCUT2D eigenvalue weighted by Crippen LogP contribution is -2.31. The predicted molar refractivity (Wildman–Crippen MR) is 142 cm³/mol. The van der Waals surface area contributed by atoms with Crippen molar-refractivity contribution in [3.8, 4) is 11.8 Å². The number of hydrogen-bond acceptors (Lipinski definition) is 6. The van der Waals surface area contributed by atoms with Gasteiger partial charge in [0.05, 0.1) is 35.1 Å². The van der Waals surface area contributed by atoms with Gasteiger partial charge in [0.2, 0.25) is 11.5 Å². The largest absolute Gasteiger partial charge is 0.466 e. The van der Waals surface area contributed by atoms with Gasteiger partial charge in [-0.3, -0.25) is 9.59 Å². The molecule has 4 aromatic rings. The third-order valence-electron chi connectivity index (χ3n) is 5.57. The molecule has 0 unspecified atom stereocenters. The molecule has 7 heteroatoms. The van der Waals surface area contributed by atoms with Crippen molar-refractivity contribution in [1.82, 2.24) is 0 Å². The van der Waals surface area contributed by atoms with Gasteiger partial charge in [-0.15, -0.1) is 23.1 Å². The number of aromatic nitrogens is 1. The molecule has 2 aromatic heterocycles. The standard InChI is InChI=1S/C29H25N2O3S2/c1-3-34-25(32)17-24-26(31-15-13-20(2)14-16-31)29(35-19-23-12-8-7-11-22(23)18-30)36-28(24)27(33)21-9-5-4-6-10-21/h4-16H,3,17,19H2,1-2H3/q+1. The van der Waals surface area contributed by atoms with E-state index < -0.39 is 0 Å². The van der Waals surface area contributed by atoms with Crippen LogP contribution in [-0.2, 0) is 21.7 Å². The van der Waals surface area contributed by atoms with Gasteiger partial charge < -0.3 is 4.74 Å². The van der Waals surface area contributed by atoms with Gasteiger partial charge in [0, 0.05) is 23.4 Å². The van der Waals surface area contributed by atoms with Crippen molar-refractivity contribution in [2.75, 3.05) is 6.61 Å². The normalized spacial score (nSPS) is 10.6. The van der Waals surface area contributed by atoms with Crippen LogP contribution < -0.4 is 4.57 Å². The molecule has 0 amide bonds. The number of thiophene rings is 1. The Morgan fingerprint density at radius 2 is 1.72 bits per heavy atom. The highest BCUT2D eigenvalue weighted by Crippen LogP contribution is 2.40. The van der Waals surface area contributed by atoms with E-state index in [1.807, 2.05) is 72.4 Å². The van der Waals surface area contributed by atoms with Gasteiger partial charge in [-0.1, -0.05) is 48.5 Å². The minimum atomic E-state index is -0.377. The van der Waals surface area contributed by atoms with E-state index in [0.717, 1.165) is 21.0 Å². The number of aryl methyl sites for hydroxylation is 1. The van der Waals surface area contributed by atoms with Crippen LogP contribution in [0.25, 0.3) is 5.69 Å². The minimum absolute atomic E-state index is 0.0101. The Balaban J connectivity index is 1.85. The summed E-state index contributed by atoms with van der Waals surface area (Å²) in [6.45, 7) is 4.05. The smallest absolute Gasteiger partial charge is 0.310 e. The van der Waals surface area contributed by atoms with E-state index in [9.17, 15) is 14.9 Å². The number of benzene rings is 2. The van der Waals surface area contributed by atoms with Crippen molar-refractivity contribution < 1.29 is 18.9 Å². The molecule has 2 heterocycles. The van der Waals surface area contributed by atoms with Crippen molar-refractivity contribution in [2.45, 2.75) is 30.2 Å². The summed E-state index contributed by atoms with van der Waals surface area (Å²) < 4.78 is 8.12. The second kappa shape index (κ2) is 11.8. The zero-order valence-corrected chi connectivity index (χ0v) is 21.7. The Hall–Kier alpha value is -3.73. The van der Waals surface area contributed by atoms with E-state index in [0.29, 0.717) is 27.3 Å². The number of pyridine rings is 1. The molecule has 180 valence electrons. The molecule has 2 aromatic carbocycles. The summed E-state index contributed by atoms with van der Waals surface area (Å²) in [6.07, 6.45) is 3.87. The van der Waals surface area contributed by atoms with Crippen LogP contribution in [-0.4, -0.2) is 18.4 Å². The molecular weight excluding hydrogens is 488 g/mol. The Labute approximate surface area is 219 Å². The van der Waals surface area contributed by atoms with Crippen LogP contribution in [0.4, 0.5) is 0 Å². The van der Waals surface area contributed by atoms with Crippen molar-refractivity contribution in [1.29, 1.82) is 5.26 Å². The summed E-state index contributed by atoms with van der Waals surface area (Å²) in [6, 6.07) is 22.8. The first kappa shape index (κ1) is 25.4. The number of hydrogen-bond donors (Lipinski definition) is 0. The summed E-state index contributed by atoms with van der Waals surface area (Å²) in [5.41, 5.74) is 4.66. The molecule has 0 N–H and O–H groups in total. The van der Waals surface area contributed by atoms with Crippen LogP contribution in [0.1, 0.15) is 44.4 Å². The molecule has 0 bridgehead atoms. The topological polar surface area (TPSA) is 71.0 Å². The molecule has 0 saturated heterocycles. The van der Waals surface area contributed by atoms with Gasteiger partial charge >= 0.3 is 5.97 Å². The van der Waals surface area contributed by atoms with Crippen LogP contribution in [0.2, 0.25) is 0 Å². The average Bonchev–Trinajstić information content (AvgIpc) is 3.26. The lowest BCUT2D eigenvalue weighted by Gasteiger charge is -2.06. The van der Waals surface area contributed by atoms with E-state index in [1.165, 1.54) is 11.3 Å². The van der Waals surface area contributed by atoms with Gasteiger partial charge in [0.25, 0.3) is 0 Å². The first-order valence-electron chi connectivity index (χ1n) is 11.5. The number of carbonyl (C=O) groups is 2. The fourth-order valence-electron chi connectivity index (χ4n) is 3.77. The third kappa shape index (κ3) is 5.73. The highest BCUT2D eigenvalue weighted by molar-refractivity contribution is 8.00. The highest BCUT2D eigenvalue weighted by atomic mass is 32.2. The molecule has 0 aliphatic heterocycles. The molecule has 0 radical (unpaired) electrons. The monoisotopic (exact) mass is 513 g/mol. The van der Waals surface area contributed by atoms with E-state index in [2.05, 4.69) is 6.07 Å². The summed E-state index contributed by atoms with van der Waals surface area (Å²) in [5.74, 6) is 0.0532. The maximum absolute atomic E-state index is 13.6. The summed E-state index contributed by atoms with van der Waals surface area (Å²) >= 11 is 2.94. The number of nitriles is 1. The summed E-state index contributed by atoms with van der Waals surface area (Å²) in [4.78, 5) is 26.8. The van der Waals surface area contributed by atoms with Crippen molar-refractivity contribution in [3.05, 3.63) is 112 Å². The van der Waals surface area contributed by atoms with Crippen LogP contribution in [0.3, 0.4) is 0 Å². The summed E-state index contributed by atoms with van der Waals surface area (Å²) in [5, 5.41) is 9.51. The van der Waals surface area contributed by atoms with Gasteiger partial charge in [0.15, 0.2) is 12.4 Å². The molecule has 0 aliphatic rings. The fraction of sp³-hybridized carbons (Fsp3) is 0.172. The van der Waals surface area contributed by atoms with Crippen molar-refractivity contribution >= 4 is 34.9 Å². The second-order valence-electron chi connectivity index (χ2n) is 8.06. The minimum Gasteiger partial charge on any atom is -0.466 e. The number of ketones is 1. The number of carbonyl (C=O) groups excluding carboxylic acids is 2. The number of rotatable bonds is 9. The van der Waals surface area contributed by atoms with E-state index in [4.69, 9.17) is 4.74 Å². The maximum Gasteiger partial charge on any atom is 0.310 e. The van der Waals surface area contributed by atoms with E-state index in [1.54, 1.807) is 36.9 Å².